The maximum atomic E-state index is 12.0. The van der Waals surface area contributed by atoms with Crippen LogP contribution in [0.15, 0.2) is 49.1 Å². The molecule has 0 aliphatic rings. The summed E-state index contributed by atoms with van der Waals surface area (Å²) in [4.78, 5) is 16.0. The van der Waals surface area contributed by atoms with Gasteiger partial charge in [0.15, 0.2) is 5.82 Å². The normalized spacial score (nSPS) is 10.8. The van der Waals surface area contributed by atoms with Gasteiger partial charge in [0.1, 0.15) is 0 Å². The molecule has 0 spiro atoms. The quantitative estimate of drug-likeness (QED) is 0.672. The molecular formula is C17H20N6O. The van der Waals surface area contributed by atoms with E-state index in [0.29, 0.717) is 11.7 Å². The molecule has 3 rings (SSSR count). The predicted molar refractivity (Wildman–Crippen MR) is 93.1 cm³/mol. The summed E-state index contributed by atoms with van der Waals surface area (Å²) < 4.78 is 1.99. The SMILES string of the molecule is CC(C)c1cc(NC(=O)Nc2ccc(Cn3ccnc3)cc2)n[nH]1. The second-order valence-corrected chi connectivity index (χ2v) is 5.87. The van der Waals surface area contributed by atoms with Gasteiger partial charge in [-0.25, -0.2) is 9.78 Å². The first kappa shape index (κ1) is 15.8. The Hall–Kier alpha value is -3.09. The Morgan fingerprint density at radius 3 is 2.67 bits per heavy atom. The van der Waals surface area contributed by atoms with Crippen LogP contribution in [0, 0.1) is 0 Å². The van der Waals surface area contributed by atoms with Crippen LogP contribution in [-0.4, -0.2) is 25.8 Å². The molecule has 7 nitrogen and oxygen atoms in total. The van der Waals surface area contributed by atoms with E-state index in [1.807, 2.05) is 41.1 Å². The van der Waals surface area contributed by atoms with E-state index < -0.39 is 0 Å². The van der Waals surface area contributed by atoms with Gasteiger partial charge in [-0.05, 0) is 23.6 Å². The van der Waals surface area contributed by atoms with Crippen molar-refractivity contribution in [2.24, 2.45) is 0 Å². The van der Waals surface area contributed by atoms with E-state index in [2.05, 4.69) is 39.7 Å². The Morgan fingerprint density at radius 2 is 2.04 bits per heavy atom. The summed E-state index contributed by atoms with van der Waals surface area (Å²) in [6.07, 6.45) is 5.43. The molecule has 124 valence electrons. The van der Waals surface area contributed by atoms with E-state index in [1.165, 1.54) is 0 Å². The zero-order chi connectivity index (χ0) is 16.9. The minimum Gasteiger partial charge on any atom is -0.333 e. The van der Waals surface area contributed by atoms with Crippen molar-refractivity contribution in [3.63, 3.8) is 0 Å². The second-order valence-electron chi connectivity index (χ2n) is 5.87. The highest BCUT2D eigenvalue weighted by molar-refractivity contribution is 5.99. The summed E-state index contributed by atoms with van der Waals surface area (Å²) in [7, 11) is 0. The zero-order valence-electron chi connectivity index (χ0n) is 13.7. The third-order valence-corrected chi connectivity index (χ3v) is 3.60. The topological polar surface area (TPSA) is 87.6 Å². The first-order valence-corrected chi connectivity index (χ1v) is 7.78. The van der Waals surface area contributed by atoms with E-state index in [0.717, 1.165) is 23.5 Å². The average molecular weight is 324 g/mol. The van der Waals surface area contributed by atoms with Gasteiger partial charge in [0.05, 0.1) is 6.33 Å². The lowest BCUT2D eigenvalue weighted by Gasteiger charge is -2.07. The molecule has 24 heavy (non-hydrogen) atoms. The maximum Gasteiger partial charge on any atom is 0.324 e. The van der Waals surface area contributed by atoms with Crippen LogP contribution in [0.5, 0.6) is 0 Å². The van der Waals surface area contributed by atoms with Gasteiger partial charge >= 0.3 is 6.03 Å². The molecule has 3 aromatic rings. The van der Waals surface area contributed by atoms with Gasteiger partial charge in [-0.15, -0.1) is 0 Å². The van der Waals surface area contributed by atoms with E-state index >= 15 is 0 Å². The van der Waals surface area contributed by atoms with Crippen molar-refractivity contribution in [3.05, 3.63) is 60.3 Å². The fourth-order valence-corrected chi connectivity index (χ4v) is 2.26. The van der Waals surface area contributed by atoms with Crippen LogP contribution in [0.2, 0.25) is 0 Å². The number of aromatic amines is 1. The number of anilines is 2. The smallest absolute Gasteiger partial charge is 0.324 e. The van der Waals surface area contributed by atoms with Gasteiger partial charge in [0, 0.05) is 36.4 Å². The standard InChI is InChI=1S/C17H20N6O/c1-12(2)15-9-16(22-21-15)20-17(24)19-14-5-3-13(4-6-14)10-23-8-7-18-11-23/h3-9,11-12H,10H2,1-2H3,(H3,19,20,21,22,24). The molecule has 0 saturated carbocycles. The van der Waals surface area contributed by atoms with Crippen molar-refractivity contribution < 1.29 is 4.79 Å². The molecule has 1 aromatic carbocycles. The molecule has 0 aliphatic heterocycles. The number of nitrogens with zero attached hydrogens (tertiary/aromatic N) is 3. The van der Waals surface area contributed by atoms with Crippen molar-refractivity contribution in [2.45, 2.75) is 26.3 Å². The van der Waals surface area contributed by atoms with E-state index in [-0.39, 0.29) is 6.03 Å². The number of hydrogen-bond acceptors (Lipinski definition) is 3. The molecule has 2 aromatic heterocycles. The van der Waals surface area contributed by atoms with Gasteiger partial charge in [-0.3, -0.25) is 10.4 Å². The number of urea groups is 1. The van der Waals surface area contributed by atoms with E-state index in [1.54, 1.807) is 12.5 Å². The number of aromatic nitrogens is 4. The van der Waals surface area contributed by atoms with Crippen molar-refractivity contribution in [1.82, 2.24) is 19.7 Å². The molecule has 0 bridgehead atoms. The number of carbonyl (C=O) groups is 1. The molecule has 2 heterocycles. The number of hydrogen-bond donors (Lipinski definition) is 3. The Balaban J connectivity index is 1.55. The first-order chi connectivity index (χ1) is 11.6. The molecule has 0 radical (unpaired) electrons. The Bertz CT molecular complexity index is 789. The maximum absolute atomic E-state index is 12.0. The minimum atomic E-state index is -0.320. The molecule has 0 atom stereocenters. The number of imidazole rings is 1. The van der Waals surface area contributed by atoms with Crippen LogP contribution >= 0.6 is 0 Å². The van der Waals surface area contributed by atoms with Crippen LogP contribution in [0.25, 0.3) is 0 Å². The summed E-state index contributed by atoms with van der Waals surface area (Å²) >= 11 is 0. The molecule has 0 aliphatic carbocycles. The highest BCUT2D eigenvalue weighted by Crippen LogP contribution is 2.15. The first-order valence-electron chi connectivity index (χ1n) is 7.78. The van der Waals surface area contributed by atoms with Crippen LogP contribution in [0.4, 0.5) is 16.3 Å². The monoisotopic (exact) mass is 324 g/mol. The second kappa shape index (κ2) is 6.99. The number of rotatable bonds is 5. The summed E-state index contributed by atoms with van der Waals surface area (Å²) in [5.74, 6) is 0.840. The van der Waals surface area contributed by atoms with E-state index in [4.69, 9.17) is 0 Å². The number of H-pyrrole nitrogens is 1. The van der Waals surface area contributed by atoms with Gasteiger partial charge in [-0.2, -0.15) is 5.10 Å². The number of benzene rings is 1. The third-order valence-electron chi connectivity index (χ3n) is 3.60. The van der Waals surface area contributed by atoms with Crippen LogP contribution in [-0.2, 0) is 6.54 Å². The summed E-state index contributed by atoms with van der Waals surface area (Å²) in [5, 5.41) is 12.5. The van der Waals surface area contributed by atoms with E-state index in [9.17, 15) is 4.79 Å². The van der Waals surface area contributed by atoms with Crippen molar-refractivity contribution in [1.29, 1.82) is 0 Å². The van der Waals surface area contributed by atoms with Crippen molar-refractivity contribution in [3.8, 4) is 0 Å². The van der Waals surface area contributed by atoms with Gasteiger partial charge in [0.25, 0.3) is 0 Å². The van der Waals surface area contributed by atoms with Crippen LogP contribution in [0.3, 0.4) is 0 Å². The van der Waals surface area contributed by atoms with Crippen molar-refractivity contribution in [2.75, 3.05) is 10.6 Å². The highest BCUT2D eigenvalue weighted by atomic mass is 16.2. The molecule has 0 saturated heterocycles. The zero-order valence-corrected chi connectivity index (χ0v) is 13.7. The third kappa shape index (κ3) is 4.01. The van der Waals surface area contributed by atoms with Gasteiger partial charge in [-0.1, -0.05) is 26.0 Å². The van der Waals surface area contributed by atoms with Gasteiger partial charge < -0.3 is 9.88 Å². The van der Waals surface area contributed by atoms with Crippen molar-refractivity contribution >= 4 is 17.5 Å². The summed E-state index contributed by atoms with van der Waals surface area (Å²) in [6.45, 7) is 4.86. The minimum absolute atomic E-state index is 0.320. The molecule has 2 amide bonds. The lowest BCUT2D eigenvalue weighted by atomic mass is 10.1. The predicted octanol–water partition coefficient (Wildman–Crippen LogP) is 3.42. The number of carbonyl (C=O) groups excluding carboxylic acids is 1. The molecule has 7 heteroatoms. The Morgan fingerprint density at radius 1 is 1.25 bits per heavy atom. The van der Waals surface area contributed by atoms with Crippen LogP contribution < -0.4 is 10.6 Å². The molecule has 3 N–H and O–H groups in total. The molecular weight excluding hydrogens is 304 g/mol. The fourth-order valence-electron chi connectivity index (χ4n) is 2.26. The number of amides is 2. The molecule has 0 unspecified atom stereocenters. The largest absolute Gasteiger partial charge is 0.333 e. The lowest BCUT2D eigenvalue weighted by molar-refractivity contribution is 0.262. The fraction of sp³-hybridized carbons (Fsp3) is 0.235. The number of nitrogens with one attached hydrogen (secondary N) is 3. The highest BCUT2D eigenvalue weighted by Gasteiger charge is 2.08. The summed E-state index contributed by atoms with van der Waals surface area (Å²) in [5.41, 5.74) is 2.84. The van der Waals surface area contributed by atoms with Crippen LogP contribution in [0.1, 0.15) is 31.0 Å². The summed E-state index contributed by atoms with van der Waals surface area (Å²) in [6, 6.07) is 9.20. The molecule has 0 fully saturated rings. The van der Waals surface area contributed by atoms with Gasteiger partial charge in [0.2, 0.25) is 0 Å². The lowest BCUT2D eigenvalue weighted by Crippen LogP contribution is -2.19. The Kier molecular flexibility index (Phi) is 4.60. The Labute approximate surface area is 140 Å². The average Bonchev–Trinajstić information content (AvgIpc) is 3.21.